The predicted octanol–water partition coefficient (Wildman–Crippen LogP) is 3.83. The number of aromatic nitrogens is 3. The Labute approximate surface area is 176 Å². The van der Waals surface area contributed by atoms with Crippen molar-refractivity contribution in [2.75, 3.05) is 0 Å². The molecule has 8 heteroatoms. The zero-order valence-corrected chi connectivity index (χ0v) is 18.1. The van der Waals surface area contributed by atoms with Crippen molar-refractivity contribution >= 4 is 17.6 Å². The Bertz CT molecular complexity index is 881. The molecule has 2 aromatic heterocycles. The molecule has 2 atom stereocenters. The summed E-state index contributed by atoms with van der Waals surface area (Å²) in [5.41, 5.74) is 2.59. The lowest BCUT2D eigenvalue weighted by Gasteiger charge is -2.29. The number of hydrogen-bond acceptors (Lipinski definition) is 6. The van der Waals surface area contributed by atoms with Crippen LogP contribution in [0.3, 0.4) is 0 Å². The molecule has 0 aromatic carbocycles. The van der Waals surface area contributed by atoms with Crippen LogP contribution in [0.5, 0.6) is 5.75 Å². The van der Waals surface area contributed by atoms with E-state index in [1.54, 1.807) is 11.7 Å². The van der Waals surface area contributed by atoms with Gasteiger partial charge in [0, 0.05) is 7.05 Å². The smallest absolute Gasteiger partial charge is 0.309 e. The Morgan fingerprint density at radius 2 is 2.14 bits per heavy atom. The van der Waals surface area contributed by atoms with Crippen molar-refractivity contribution in [2.45, 2.75) is 65.3 Å². The van der Waals surface area contributed by atoms with Gasteiger partial charge < -0.3 is 14.6 Å². The number of aliphatic hydroxyl groups is 1. The number of hydrogen-bond donors (Lipinski definition) is 1. The molecule has 0 saturated heterocycles. The lowest BCUT2D eigenvalue weighted by atomic mass is 9.87. The highest BCUT2D eigenvalue weighted by Gasteiger charge is 2.30. The summed E-state index contributed by atoms with van der Waals surface area (Å²) in [6.45, 7) is 5.42. The van der Waals surface area contributed by atoms with E-state index in [4.69, 9.17) is 21.1 Å². The topological polar surface area (TPSA) is 86.5 Å². The average Bonchev–Trinajstić information content (AvgIpc) is 2.96. The van der Waals surface area contributed by atoms with Crippen LogP contribution in [0.15, 0.2) is 12.1 Å². The Kier molecular flexibility index (Phi) is 6.80. The van der Waals surface area contributed by atoms with Gasteiger partial charge in [0.25, 0.3) is 0 Å². The van der Waals surface area contributed by atoms with Crippen molar-refractivity contribution in [1.29, 1.82) is 0 Å². The normalized spacial score (nSPS) is 19.4. The highest BCUT2D eigenvalue weighted by Crippen LogP contribution is 2.33. The van der Waals surface area contributed by atoms with Gasteiger partial charge >= 0.3 is 5.97 Å². The van der Waals surface area contributed by atoms with Crippen LogP contribution in [0.2, 0.25) is 5.15 Å². The SMILES string of the molecule is Cc1nc(-c2c(Cl)nn(C)c2CO)ccc1O[C@H]1CCC[C@H](C(=O)OC(C)C)C1. The van der Waals surface area contributed by atoms with Crippen molar-refractivity contribution < 1.29 is 19.4 Å². The molecule has 1 aliphatic carbocycles. The first-order valence-electron chi connectivity index (χ1n) is 9.97. The predicted molar refractivity (Wildman–Crippen MR) is 110 cm³/mol. The molecule has 0 bridgehead atoms. The fourth-order valence-corrected chi connectivity index (χ4v) is 4.06. The Hall–Kier alpha value is -2.12. The monoisotopic (exact) mass is 421 g/mol. The van der Waals surface area contributed by atoms with Gasteiger partial charge in [0.2, 0.25) is 0 Å². The number of carbonyl (C=O) groups is 1. The first kappa shape index (κ1) is 21.6. The Balaban J connectivity index is 1.74. The van der Waals surface area contributed by atoms with Crippen molar-refractivity contribution in [3.05, 3.63) is 28.7 Å². The highest BCUT2D eigenvalue weighted by atomic mass is 35.5. The van der Waals surface area contributed by atoms with Crippen LogP contribution >= 0.6 is 11.6 Å². The number of nitrogens with zero attached hydrogens (tertiary/aromatic N) is 3. The summed E-state index contributed by atoms with van der Waals surface area (Å²) in [6, 6.07) is 3.68. The average molecular weight is 422 g/mol. The number of rotatable bonds is 6. The van der Waals surface area contributed by atoms with Crippen LogP contribution in [0.4, 0.5) is 0 Å². The summed E-state index contributed by atoms with van der Waals surface area (Å²) in [6.07, 6.45) is 3.16. The summed E-state index contributed by atoms with van der Waals surface area (Å²) in [5, 5.41) is 14.1. The number of ether oxygens (including phenoxy) is 2. The molecule has 1 saturated carbocycles. The van der Waals surface area contributed by atoms with Crippen LogP contribution in [-0.4, -0.2) is 38.0 Å². The molecule has 2 heterocycles. The van der Waals surface area contributed by atoms with Crippen LogP contribution in [0.25, 0.3) is 11.3 Å². The Morgan fingerprint density at radius 3 is 2.79 bits per heavy atom. The first-order chi connectivity index (χ1) is 13.8. The summed E-state index contributed by atoms with van der Waals surface area (Å²) in [5.74, 6) is 0.424. The maximum atomic E-state index is 12.2. The van der Waals surface area contributed by atoms with Crippen LogP contribution in [0, 0.1) is 12.8 Å². The number of esters is 1. The second-order valence-electron chi connectivity index (χ2n) is 7.76. The van der Waals surface area contributed by atoms with E-state index in [-0.39, 0.29) is 30.7 Å². The number of aryl methyl sites for hydroxylation is 2. The van der Waals surface area contributed by atoms with Crippen LogP contribution in [-0.2, 0) is 23.2 Å². The fraction of sp³-hybridized carbons (Fsp3) is 0.571. The molecule has 0 aliphatic heterocycles. The van der Waals surface area contributed by atoms with Crippen molar-refractivity contribution in [3.8, 4) is 17.0 Å². The third-order valence-corrected chi connectivity index (χ3v) is 5.44. The minimum absolute atomic E-state index is 0.0465. The molecule has 3 rings (SSSR count). The first-order valence-corrected chi connectivity index (χ1v) is 10.3. The van der Waals surface area contributed by atoms with Gasteiger partial charge in [-0.2, -0.15) is 5.10 Å². The van der Waals surface area contributed by atoms with E-state index >= 15 is 0 Å². The summed E-state index contributed by atoms with van der Waals surface area (Å²) in [7, 11) is 1.73. The van der Waals surface area contributed by atoms with Gasteiger partial charge in [-0.15, -0.1) is 0 Å². The summed E-state index contributed by atoms with van der Waals surface area (Å²) < 4.78 is 13.1. The zero-order chi connectivity index (χ0) is 21.1. The van der Waals surface area contributed by atoms with E-state index < -0.39 is 0 Å². The molecule has 2 aromatic rings. The quantitative estimate of drug-likeness (QED) is 0.713. The van der Waals surface area contributed by atoms with Gasteiger partial charge in [0.05, 0.1) is 47.4 Å². The molecule has 1 fully saturated rings. The Morgan fingerprint density at radius 1 is 1.38 bits per heavy atom. The fourth-order valence-electron chi connectivity index (χ4n) is 3.74. The standard InChI is InChI=1S/C21H28ClN3O4/c1-12(2)28-21(27)14-6-5-7-15(10-14)29-18-9-8-16(23-13(18)3)19-17(11-26)25(4)24-20(19)22/h8-9,12,14-15,26H,5-7,10-11H2,1-4H3/t14-,15-/m0/s1. The van der Waals surface area contributed by atoms with Crippen LogP contribution < -0.4 is 4.74 Å². The van der Waals surface area contributed by atoms with E-state index in [9.17, 15) is 9.90 Å². The minimum atomic E-state index is -0.180. The molecule has 0 spiro atoms. The van der Waals surface area contributed by atoms with Gasteiger partial charge in [-0.25, -0.2) is 4.98 Å². The molecule has 29 heavy (non-hydrogen) atoms. The minimum Gasteiger partial charge on any atom is -0.489 e. The lowest BCUT2D eigenvalue weighted by Crippen LogP contribution is -2.31. The van der Waals surface area contributed by atoms with E-state index in [1.165, 1.54) is 0 Å². The molecular weight excluding hydrogens is 394 g/mol. The number of carbonyl (C=O) groups excluding carboxylic acids is 1. The van der Waals surface area contributed by atoms with Gasteiger partial charge in [-0.1, -0.05) is 11.6 Å². The van der Waals surface area contributed by atoms with Gasteiger partial charge in [0.1, 0.15) is 5.75 Å². The summed E-state index contributed by atoms with van der Waals surface area (Å²) >= 11 is 6.23. The highest BCUT2D eigenvalue weighted by molar-refractivity contribution is 6.32. The van der Waals surface area contributed by atoms with Crippen molar-refractivity contribution in [1.82, 2.24) is 14.8 Å². The van der Waals surface area contributed by atoms with Gasteiger partial charge in [-0.3, -0.25) is 9.48 Å². The molecular formula is C21H28ClN3O4. The van der Waals surface area contributed by atoms with Gasteiger partial charge in [-0.05, 0) is 58.6 Å². The number of aliphatic hydroxyl groups excluding tert-OH is 1. The molecule has 7 nitrogen and oxygen atoms in total. The zero-order valence-electron chi connectivity index (χ0n) is 17.3. The number of pyridine rings is 1. The van der Waals surface area contributed by atoms with E-state index in [0.29, 0.717) is 34.3 Å². The molecule has 0 unspecified atom stereocenters. The molecule has 0 radical (unpaired) electrons. The number of halogens is 1. The van der Waals surface area contributed by atoms with Gasteiger partial charge in [0.15, 0.2) is 5.15 Å². The second-order valence-corrected chi connectivity index (χ2v) is 8.12. The van der Waals surface area contributed by atoms with E-state index in [1.807, 2.05) is 32.9 Å². The third kappa shape index (κ3) is 4.90. The lowest BCUT2D eigenvalue weighted by molar-refractivity contribution is -0.154. The maximum Gasteiger partial charge on any atom is 0.309 e. The van der Waals surface area contributed by atoms with E-state index in [0.717, 1.165) is 25.0 Å². The van der Waals surface area contributed by atoms with Crippen molar-refractivity contribution in [3.63, 3.8) is 0 Å². The second kappa shape index (κ2) is 9.13. The van der Waals surface area contributed by atoms with Crippen LogP contribution in [0.1, 0.15) is 50.9 Å². The van der Waals surface area contributed by atoms with E-state index in [2.05, 4.69) is 10.1 Å². The molecule has 0 amide bonds. The maximum absolute atomic E-state index is 12.2. The molecule has 158 valence electrons. The van der Waals surface area contributed by atoms with Crippen molar-refractivity contribution in [2.24, 2.45) is 13.0 Å². The molecule has 1 aliphatic rings. The largest absolute Gasteiger partial charge is 0.489 e. The molecule has 1 N–H and O–H groups in total. The third-order valence-electron chi connectivity index (χ3n) is 5.17. The summed E-state index contributed by atoms with van der Waals surface area (Å²) in [4.78, 5) is 16.9.